The molecule has 0 atom stereocenters. The fraction of sp³-hybridized carbons (Fsp3) is 0.538. The first-order chi connectivity index (χ1) is 9.32. The minimum absolute atomic E-state index is 0.203. The highest BCUT2D eigenvalue weighted by molar-refractivity contribution is 7.89. The van der Waals surface area contributed by atoms with E-state index in [-0.39, 0.29) is 9.92 Å². The molecule has 0 amide bonds. The molecular weight excluding hydrogens is 298 g/mol. The number of anilines is 1. The fourth-order valence-corrected chi connectivity index (χ4v) is 3.97. The standard InChI is InChI=1S/C13H20ClN3O2S/c1-10(2)16-5-7-17(8-6-16)20(18,19)11-3-4-13(15)12(14)9-11/h3-4,9-10H,5-8,15H2,1-2H3. The number of halogens is 1. The summed E-state index contributed by atoms with van der Waals surface area (Å²) >= 11 is 5.91. The SMILES string of the molecule is CC(C)N1CCN(S(=O)(=O)c2ccc(N)c(Cl)c2)CC1. The summed E-state index contributed by atoms with van der Waals surface area (Å²) in [5.41, 5.74) is 6.00. The largest absolute Gasteiger partial charge is 0.398 e. The van der Waals surface area contributed by atoms with Gasteiger partial charge in [0, 0.05) is 32.2 Å². The van der Waals surface area contributed by atoms with Gasteiger partial charge in [0.05, 0.1) is 15.6 Å². The molecule has 1 heterocycles. The van der Waals surface area contributed by atoms with Gasteiger partial charge in [-0.2, -0.15) is 4.31 Å². The molecule has 112 valence electrons. The molecule has 1 aromatic rings. The second-order valence-corrected chi connectivity index (χ2v) is 7.56. The number of nitrogen functional groups attached to an aromatic ring is 1. The van der Waals surface area contributed by atoms with Gasteiger partial charge in [0.1, 0.15) is 0 Å². The monoisotopic (exact) mass is 317 g/mol. The molecule has 0 radical (unpaired) electrons. The van der Waals surface area contributed by atoms with Crippen molar-refractivity contribution >= 4 is 27.3 Å². The first kappa shape index (κ1) is 15.6. The summed E-state index contributed by atoms with van der Waals surface area (Å²) in [6, 6.07) is 4.89. The quantitative estimate of drug-likeness (QED) is 0.861. The van der Waals surface area contributed by atoms with Gasteiger partial charge in [-0.15, -0.1) is 0 Å². The summed E-state index contributed by atoms with van der Waals surface area (Å²) in [6.45, 7) is 6.73. The highest BCUT2D eigenvalue weighted by Crippen LogP contribution is 2.25. The average molecular weight is 318 g/mol. The number of nitrogens with zero attached hydrogens (tertiary/aromatic N) is 2. The lowest BCUT2D eigenvalue weighted by atomic mass is 10.3. The molecule has 1 aromatic carbocycles. The molecule has 2 rings (SSSR count). The maximum atomic E-state index is 12.5. The lowest BCUT2D eigenvalue weighted by Crippen LogP contribution is -2.50. The van der Waals surface area contributed by atoms with Gasteiger partial charge in [-0.1, -0.05) is 11.6 Å². The molecule has 0 aliphatic carbocycles. The van der Waals surface area contributed by atoms with E-state index in [4.69, 9.17) is 17.3 Å². The topological polar surface area (TPSA) is 66.6 Å². The Balaban J connectivity index is 2.17. The van der Waals surface area contributed by atoms with Crippen molar-refractivity contribution in [2.24, 2.45) is 0 Å². The lowest BCUT2D eigenvalue weighted by molar-refractivity contribution is 0.154. The van der Waals surface area contributed by atoms with Crippen LogP contribution in [0.5, 0.6) is 0 Å². The van der Waals surface area contributed by atoms with Gasteiger partial charge in [0.2, 0.25) is 10.0 Å². The molecule has 0 unspecified atom stereocenters. The van der Waals surface area contributed by atoms with Crippen molar-refractivity contribution in [2.75, 3.05) is 31.9 Å². The molecule has 2 N–H and O–H groups in total. The van der Waals surface area contributed by atoms with Gasteiger partial charge in [-0.25, -0.2) is 8.42 Å². The van der Waals surface area contributed by atoms with Gasteiger partial charge < -0.3 is 5.73 Å². The maximum Gasteiger partial charge on any atom is 0.243 e. The zero-order valence-electron chi connectivity index (χ0n) is 11.7. The summed E-state index contributed by atoms with van der Waals surface area (Å²) < 4.78 is 26.6. The molecule has 7 heteroatoms. The second-order valence-electron chi connectivity index (χ2n) is 5.22. The van der Waals surface area contributed by atoms with Crippen LogP contribution in [0, 0.1) is 0 Å². The van der Waals surface area contributed by atoms with Crippen molar-refractivity contribution in [1.82, 2.24) is 9.21 Å². The first-order valence-corrected chi connectivity index (χ1v) is 8.43. The summed E-state index contributed by atoms with van der Waals surface area (Å²) in [4.78, 5) is 2.47. The molecule has 0 aromatic heterocycles. The zero-order valence-corrected chi connectivity index (χ0v) is 13.3. The van der Waals surface area contributed by atoms with E-state index in [0.29, 0.717) is 24.8 Å². The van der Waals surface area contributed by atoms with Gasteiger partial charge >= 0.3 is 0 Å². The van der Waals surface area contributed by atoms with Crippen LogP contribution in [0.15, 0.2) is 23.1 Å². The van der Waals surface area contributed by atoms with E-state index >= 15 is 0 Å². The van der Waals surface area contributed by atoms with Gasteiger partial charge in [-0.3, -0.25) is 4.90 Å². The number of sulfonamides is 1. The van der Waals surface area contributed by atoms with Crippen LogP contribution >= 0.6 is 11.6 Å². The predicted octanol–water partition coefficient (Wildman–Crippen LogP) is 1.64. The van der Waals surface area contributed by atoms with E-state index in [0.717, 1.165) is 13.1 Å². The van der Waals surface area contributed by atoms with Crippen molar-refractivity contribution in [1.29, 1.82) is 0 Å². The maximum absolute atomic E-state index is 12.5. The Morgan fingerprint density at radius 2 is 1.80 bits per heavy atom. The Morgan fingerprint density at radius 3 is 2.30 bits per heavy atom. The lowest BCUT2D eigenvalue weighted by Gasteiger charge is -2.36. The summed E-state index contributed by atoms with van der Waals surface area (Å²) in [5, 5.41) is 0.270. The van der Waals surface area contributed by atoms with Crippen molar-refractivity contribution in [3.8, 4) is 0 Å². The Morgan fingerprint density at radius 1 is 1.20 bits per heavy atom. The molecule has 0 spiro atoms. The van der Waals surface area contributed by atoms with E-state index in [1.807, 2.05) is 0 Å². The van der Waals surface area contributed by atoms with Gasteiger partial charge in [-0.05, 0) is 32.0 Å². The zero-order chi connectivity index (χ0) is 14.9. The van der Waals surface area contributed by atoms with E-state index in [1.165, 1.54) is 22.5 Å². The van der Waals surface area contributed by atoms with Crippen molar-refractivity contribution < 1.29 is 8.42 Å². The summed E-state index contributed by atoms with van der Waals surface area (Å²) in [5.74, 6) is 0. The molecule has 1 saturated heterocycles. The van der Waals surface area contributed by atoms with Crippen LogP contribution in [0.3, 0.4) is 0 Å². The second kappa shape index (κ2) is 5.89. The Labute approximate surface area is 125 Å². The molecule has 0 bridgehead atoms. The molecule has 0 saturated carbocycles. The third kappa shape index (κ3) is 3.09. The number of rotatable bonds is 3. The predicted molar refractivity (Wildman–Crippen MR) is 81.3 cm³/mol. The Bertz CT molecular complexity index is 581. The highest BCUT2D eigenvalue weighted by atomic mass is 35.5. The van der Waals surface area contributed by atoms with Crippen molar-refractivity contribution in [2.45, 2.75) is 24.8 Å². The molecule has 20 heavy (non-hydrogen) atoms. The van der Waals surface area contributed by atoms with Gasteiger partial charge in [0.15, 0.2) is 0 Å². The van der Waals surface area contributed by atoms with Crippen molar-refractivity contribution in [3.63, 3.8) is 0 Å². The number of hydrogen-bond acceptors (Lipinski definition) is 4. The van der Waals surface area contributed by atoms with Crippen LogP contribution in [0.4, 0.5) is 5.69 Å². The van der Waals surface area contributed by atoms with E-state index in [2.05, 4.69) is 18.7 Å². The molecule has 1 aliphatic rings. The minimum atomic E-state index is -3.48. The van der Waals surface area contributed by atoms with Crippen LogP contribution < -0.4 is 5.73 Å². The molecule has 5 nitrogen and oxygen atoms in total. The van der Waals surface area contributed by atoms with E-state index in [1.54, 1.807) is 0 Å². The number of benzene rings is 1. The molecule has 1 aliphatic heterocycles. The number of hydrogen-bond donors (Lipinski definition) is 1. The third-order valence-corrected chi connectivity index (χ3v) is 5.84. The summed E-state index contributed by atoms with van der Waals surface area (Å²) in [6.07, 6.45) is 0. The van der Waals surface area contributed by atoms with Crippen molar-refractivity contribution in [3.05, 3.63) is 23.2 Å². The van der Waals surface area contributed by atoms with Crippen LogP contribution in [0.25, 0.3) is 0 Å². The number of piperazine rings is 1. The molecule has 1 fully saturated rings. The normalized spacial score (nSPS) is 18.6. The molecular formula is C13H20ClN3O2S. The third-order valence-electron chi connectivity index (χ3n) is 3.61. The smallest absolute Gasteiger partial charge is 0.243 e. The Kier molecular flexibility index (Phi) is 4.59. The van der Waals surface area contributed by atoms with Crippen LogP contribution in [-0.4, -0.2) is 49.8 Å². The summed E-state index contributed by atoms with van der Waals surface area (Å²) in [7, 11) is -3.48. The first-order valence-electron chi connectivity index (χ1n) is 6.61. The minimum Gasteiger partial charge on any atom is -0.398 e. The van der Waals surface area contributed by atoms with Crippen LogP contribution in [0.2, 0.25) is 5.02 Å². The Hall–Kier alpha value is -0.820. The van der Waals surface area contributed by atoms with E-state index < -0.39 is 10.0 Å². The highest BCUT2D eigenvalue weighted by Gasteiger charge is 2.29. The van der Waals surface area contributed by atoms with Crippen LogP contribution in [0.1, 0.15) is 13.8 Å². The number of nitrogens with two attached hydrogens (primary N) is 1. The van der Waals surface area contributed by atoms with E-state index in [9.17, 15) is 8.42 Å². The average Bonchev–Trinajstić information content (AvgIpc) is 2.41. The fourth-order valence-electron chi connectivity index (χ4n) is 2.28. The van der Waals surface area contributed by atoms with Crippen LogP contribution in [-0.2, 0) is 10.0 Å². The van der Waals surface area contributed by atoms with Gasteiger partial charge in [0.25, 0.3) is 0 Å².